The van der Waals surface area contributed by atoms with Gasteiger partial charge in [-0.25, -0.2) is 9.97 Å². The Labute approximate surface area is 125 Å². The smallest absolute Gasteiger partial charge is 0.160 e. The van der Waals surface area contributed by atoms with Gasteiger partial charge in [-0.2, -0.15) is 0 Å². The first-order valence-electron chi connectivity index (χ1n) is 7.60. The molecule has 0 N–H and O–H groups in total. The Balaban J connectivity index is 2.06. The summed E-state index contributed by atoms with van der Waals surface area (Å²) in [6.07, 6.45) is 8.59. The molecule has 20 heavy (non-hydrogen) atoms. The molecule has 0 aromatic carbocycles. The lowest BCUT2D eigenvalue weighted by molar-refractivity contribution is 0.264. The quantitative estimate of drug-likeness (QED) is 0.773. The van der Waals surface area contributed by atoms with E-state index in [1.807, 2.05) is 12.3 Å². The Bertz CT molecular complexity index is 599. The summed E-state index contributed by atoms with van der Waals surface area (Å²) in [5, 5.41) is 0. The Morgan fingerprint density at radius 2 is 2.10 bits per heavy atom. The van der Waals surface area contributed by atoms with Crippen molar-refractivity contribution in [3.05, 3.63) is 23.7 Å². The van der Waals surface area contributed by atoms with Gasteiger partial charge >= 0.3 is 0 Å². The first-order valence-corrected chi connectivity index (χ1v) is 8.14. The number of pyridine rings is 1. The van der Waals surface area contributed by atoms with Crippen molar-refractivity contribution in [1.82, 2.24) is 14.5 Å². The van der Waals surface area contributed by atoms with Gasteiger partial charge in [0.05, 0.1) is 5.88 Å². The van der Waals surface area contributed by atoms with E-state index in [1.54, 1.807) is 0 Å². The lowest BCUT2D eigenvalue weighted by Crippen LogP contribution is -2.21. The predicted molar refractivity (Wildman–Crippen MR) is 83.1 cm³/mol. The number of rotatable bonds is 3. The van der Waals surface area contributed by atoms with Crippen molar-refractivity contribution in [2.45, 2.75) is 57.9 Å². The molecular weight excluding hydrogens is 270 g/mol. The fraction of sp³-hybridized carbons (Fsp3) is 0.625. The highest BCUT2D eigenvalue weighted by molar-refractivity contribution is 6.16. The lowest BCUT2D eigenvalue weighted by atomic mass is 9.84. The van der Waals surface area contributed by atoms with Gasteiger partial charge in [0.15, 0.2) is 5.65 Å². The molecule has 1 aliphatic rings. The highest BCUT2D eigenvalue weighted by Crippen LogP contribution is 2.35. The molecule has 1 unspecified atom stereocenters. The first-order chi connectivity index (χ1) is 9.72. The van der Waals surface area contributed by atoms with E-state index in [0.717, 1.165) is 22.9 Å². The van der Waals surface area contributed by atoms with Crippen LogP contribution in [-0.2, 0) is 5.88 Å². The molecule has 0 spiro atoms. The third-order valence-corrected chi connectivity index (χ3v) is 4.95. The number of aryl methyl sites for hydroxylation is 1. The molecule has 0 radical (unpaired) electrons. The standard InChI is InChI=1S/C16H22ClN3/c1-11-8-9-18-16-15(11)19-14(10-17)20(16)12(2)13-6-4-3-5-7-13/h8-9,12-13H,3-7,10H2,1-2H3. The third kappa shape index (κ3) is 2.32. The summed E-state index contributed by atoms with van der Waals surface area (Å²) < 4.78 is 2.28. The van der Waals surface area contributed by atoms with Crippen molar-refractivity contribution in [3.8, 4) is 0 Å². The molecule has 1 fully saturated rings. The fourth-order valence-electron chi connectivity index (χ4n) is 3.51. The summed E-state index contributed by atoms with van der Waals surface area (Å²) in [6.45, 7) is 4.39. The zero-order valence-corrected chi connectivity index (χ0v) is 13.0. The number of aromatic nitrogens is 3. The van der Waals surface area contributed by atoms with Gasteiger partial charge in [0.1, 0.15) is 11.3 Å². The Morgan fingerprint density at radius 3 is 2.80 bits per heavy atom. The van der Waals surface area contributed by atoms with Gasteiger partial charge in [-0.15, -0.1) is 11.6 Å². The van der Waals surface area contributed by atoms with Crippen molar-refractivity contribution < 1.29 is 0 Å². The molecule has 2 aromatic heterocycles. The summed E-state index contributed by atoms with van der Waals surface area (Å²) in [4.78, 5) is 9.28. The molecule has 2 aromatic rings. The van der Waals surface area contributed by atoms with E-state index in [0.29, 0.717) is 11.9 Å². The SMILES string of the molecule is Cc1ccnc2c1nc(CCl)n2C(C)C1CCCCC1. The molecule has 0 saturated heterocycles. The summed E-state index contributed by atoms with van der Waals surface area (Å²) in [5.41, 5.74) is 3.18. The molecule has 3 nitrogen and oxygen atoms in total. The van der Waals surface area contributed by atoms with Crippen molar-refractivity contribution in [2.24, 2.45) is 5.92 Å². The van der Waals surface area contributed by atoms with Crippen LogP contribution in [0.5, 0.6) is 0 Å². The van der Waals surface area contributed by atoms with Crippen LogP contribution in [0.4, 0.5) is 0 Å². The summed E-state index contributed by atoms with van der Waals surface area (Å²) in [5.74, 6) is 2.14. The second kappa shape index (κ2) is 5.72. The highest BCUT2D eigenvalue weighted by atomic mass is 35.5. The number of halogens is 1. The molecule has 2 heterocycles. The van der Waals surface area contributed by atoms with E-state index in [4.69, 9.17) is 16.6 Å². The number of hydrogen-bond acceptors (Lipinski definition) is 2. The zero-order valence-electron chi connectivity index (χ0n) is 12.3. The van der Waals surface area contributed by atoms with Crippen LogP contribution in [0.1, 0.15) is 56.5 Å². The molecule has 1 aliphatic carbocycles. The summed E-state index contributed by atoms with van der Waals surface area (Å²) in [6, 6.07) is 2.45. The number of nitrogens with zero attached hydrogens (tertiary/aromatic N) is 3. The highest BCUT2D eigenvalue weighted by Gasteiger charge is 2.25. The average Bonchev–Trinajstić information content (AvgIpc) is 2.87. The van der Waals surface area contributed by atoms with Crippen LogP contribution in [0.25, 0.3) is 11.2 Å². The van der Waals surface area contributed by atoms with Crippen LogP contribution < -0.4 is 0 Å². The van der Waals surface area contributed by atoms with Gasteiger partial charge in [-0.3, -0.25) is 0 Å². The number of alkyl halides is 1. The minimum atomic E-state index is 0.434. The molecule has 1 atom stereocenters. The van der Waals surface area contributed by atoms with Crippen LogP contribution >= 0.6 is 11.6 Å². The maximum absolute atomic E-state index is 6.13. The van der Waals surface area contributed by atoms with Crippen LogP contribution in [-0.4, -0.2) is 14.5 Å². The van der Waals surface area contributed by atoms with E-state index in [9.17, 15) is 0 Å². The fourth-order valence-corrected chi connectivity index (χ4v) is 3.69. The maximum Gasteiger partial charge on any atom is 0.160 e. The topological polar surface area (TPSA) is 30.7 Å². The molecular formula is C16H22ClN3. The number of hydrogen-bond donors (Lipinski definition) is 0. The summed E-state index contributed by atoms with van der Waals surface area (Å²) >= 11 is 6.13. The minimum Gasteiger partial charge on any atom is -0.309 e. The van der Waals surface area contributed by atoms with Crippen LogP contribution in [0.3, 0.4) is 0 Å². The van der Waals surface area contributed by atoms with Gasteiger partial charge in [0.2, 0.25) is 0 Å². The largest absolute Gasteiger partial charge is 0.309 e. The van der Waals surface area contributed by atoms with E-state index in [1.165, 1.54) is 37.7 Å². The monoisotopic (exact) mass is 291 g/mol. The van der Waals surface area contributed by atoms with E-state index in [-0.39, 0.29) is 0 Å². The van der Waals surface area contributed by atoms with Crippen LogP contribution in [0.15, 0.2) is 12.3 Å². The van der Waals surface area contributed by atoms with Gasteiger partial charge in [0.25, 0.3) is 0 Å². The molecule has 0 amide bonds. The minimum absolute atomic E-state index is 0.434. The lowest BCUT2D eigenvalue weighted by Gasteiger charge is -2.29. The van der Waals surface area contributed by atoms with Gasteiger partial charge in [0, 0.05) is 12.2 Å². The number of imidazole rings is 1. The number of fused-ring (bicyclic) bond motifs is 1. The molecule has 108 valence electrons. The first kappa shape index (κ1) is 13.9. The zero-order chi connectivity index (χ0) is 14.1. The van der Waals surface area contributed by atoms with Crippen molar-refractivity contribution in [2.75, 3.05) is 0 Å². The second-order valence-corrected chi connectivity index (χ2v) is 6.24. The van der Waals surface area contributed by atoms with Crippen molar-refractivity contribution >= 4 is 22.8 Å². The molecule has 0 bridgehead atoms. The van der Waals surface area contributed by atoms with Gasteiger partial charge in [-0.05, 0) is 44.2 Å². The summed E-state index contributed by atoms with van der Waals surface area (Å²) in [7, 11) is 0. The van der Waals surface area contributed by atoms with Crippen LogP contribution in [0.2, 0.25) is 0 Å². The molecule has 0 aliphatic heterocycles. The average molecular weight is 292 g/mol. The second-order valence-electron chi connectivity index (χ2n) is 5.97. The maximum atomic E-state index is 6.13. The Kier molecular flexibility index (Phi) is 3.97. The van der Waals surface area contributed by atoms with E-state index < -0.39 is 0 Å². The molecule has 1 saturated carbocycles. The van der Waals surface area contributed by atoms with Crippen LogP contribution in [0, 0.1) is 12.8 Å². The molecule has 3 rings (SSSR count). The molecule has 4 heteroatoms. The van der Waals surface area contributed by atoms with Crippen molar-refractivity contribution in [3.63, 3.8) is 0 Å². The van der Waals surface area contributed by atoms with Gasteiger partial charge in [-0.1, -0.05) is 19.3 Å². The van der Waals surface area contributed by atoms with E-state index in [2.05, 4.69) is 23.4 Å². The normalized spacial score (nSPS) is 18.6. The van der Waals surface area contributed by atoms with Gasteiger partial charge < -0.3 is 4.57 Å². The Hall–Kier alpha value is -1.09. The van der Waals surface area contributed by atoms with E-state index >= 15 is 0 Å². The third-order valence-electron chi connectivity index (χ3n) is 4.71. The predicted octanol–water partition coefficient (Wildman–Crippen LogP) is 4.62. The van der Waals surface area contributed by atoms with Crippen molar-refractivity contribution in [1.29, 1.82) is 0 Å². The Morgan fingerprint density at radius 1 is 1.35 bits per heavy atom.